The fraction of sp³-hybridized carbons (Fsp3) is 0.824. The third-order valence-electron chi connectivity index (χ3n) is 5.34. The van der Waals surface area contributed by atoms with Gasteiger partial charge in [-0.15, -0.1) is 0 Å². The second-order valence-electron chi connectivity index (χ2n) is 6.67. The Balaban J connectivity index is 1.52. The molecule has 0 amide bonds. The molecule has 1 aromatic rings. The average molecular weight is 275 g/mol. The zero-order valence-electron chi connectivity index (χ0n) is 12.9. The SMILES string of the molecule is CCC1CCCCC1NCc1ccn(C2CCCC2)n1. The van der Waals surface area contributed by atoms with Gasteiger partial charge in [-0.1, -0.05) is 39.0 Å². The Morgan fingerprint density at radius 3 is 2.70 bits per heavy atom. The molecule has 1 aromatic heterocycles. The van der Waals surface area contributed by atoms with E-state index in [1.165, 1.54) is 63.5 Å². The first kappa shape index (κ1) is 14.1. The van der Waals surface area contributed by atoms with E-state index in [0.29, 0.717) is 12.1 Å². The third kappa shape index (κ3) is 3.25. The van der Waals surface area contributed by atoms with Crippen molar-refractivity contribution < 1.29 is 0 Å². The molecule has 112 valence electrons. The molecule has 0 radical (unpaired) electrons. The molecule has 0 aliphatic heterocycles. The largest absolute Gasteiger partial charge is 0.308 e. The van der Waals surface area contributed by atoms with E-state index >= 15 is 0 Å². The molecule has 3 nitrogen and oxygen atoms in total. The molecule has 1 N–H and O–H groups in total. The Bertz CT molecular complexity index is 406. The summed E-state index contributed by atoms with van der Waals surface area (Å²) in [4.78, 5) is 0. The maximum Gasteiger partial charge on any atom is 0.0762 e. The van der Waals surface area contributed by atoms with Gasteiger partial charge >= 0.3 is 0 Å². The molecular formula is C17H29N3. The van der Waals surface area contributed by atoms with Gasteiger partial charge in [0.15, 0.2) is 0 Å². The molecule has 20 heavy (non-hydrogen) atoms. The van der Waals surface area contributed by atoms with Crippen molar-refractivity contribution in [1.82, 2.24) is 15.1 Å². The zero-order valence-corrected chi connectivity index (χ0v) is 12.9. The van der Waals surface area contributed by atoms with Crippen LogP contribution in [0, 0.1) is 5.92 Å². The van der Waals surface area contributed by atoms with Gasteiger partial charge in [-0.25, -0.2) is 0 Å². The van der Waals surface area contributed by atoms with E-state index in [4.69, 9.17) is 5.10 Å². The Labute approximate surface area is 123 Å². The van der Waals surface area contributed by atoms with Gasteiger partial charge in [0, 0.05) is 18.8 Å². The zero-order chi connectivity index (χ0) is 13.8. The van der Waals surface area contributed by atoms with E-state index in [-0.39, 0.29) is 0 Å². The second-order valence-corrected chi connectivity index (χ2v) is 6.67. The summed E-state index contributed by atoms with van der Waals surface area (Å²) < 4.78 is 2.21. The molecule has 3 heteroatoms. The number of nitrogens with zero attached hydrogens (tertiary/aromatic N) is 2. The molecule has 0 bridgehead atoms. The van der Waals surface area contributed by atoms with Gasteiger partial charge in [0.1, 0.15) is 0 Å². The minimum absolute atomic E-state index is 0.668. The van der Waals surface area contributed by atoms with Gasteiger partial charge in [0.2, 0.25) is 0 Å². The van der Waals surface area contributed by atoms with Crippen LogP contribution in [0.1, 0.15) is 76.4 Å². The summed E-state index contributed by atoms with van der Waals surface area (Å²) >= 11 is 0. The highest BCUT2D eigenvalue weighted by atomic mass is 15.3. The number of nitrogens with one attached hydrogen (secondary N) is 1. The highest BCUT2D eigenvalue weighted by molar-refractivity contribution is 5.00. The lowest BCUT2D eigenvalue weighted by molar-refractivity contribution is 0.253. The van der Waals surface area contributed by atoms with Crippen molar-refractivity contribution in [1.29, 1.82) is 0 Å². The Morgan fingerprint density at radius 2 is 1.90 bits per heavy atom. The van der Waals surface area contributed by atoms with Gasteiger partial charge in [-0.2, -0.15) is 5.10 Å². The number of rotatable bonds is 5. The first-order valence-electron chi connectivity index (χ1n) is 8.64. The molecule has 3 rings (SSSR count). The van der Waals surface area contributed by atoms with E-state index in [2.05, 4.69) is 29.2 Å². The number of aromatic nitrogens is 2. The third-order valence-corrected chi connectivity index (χ3v) is 5.34. The minimum Gasteiger partial charge on any atom is -0.308 e. The molecule has 2 fully saturated rings. The van der Waals surface area contributed by atoms with Gasteiger partial charge in [0.25, 0.3) is 0 Å². The number of hydrogen-bond acceptors (Lipinski definition) is 2. The topological polar surface area (TPSA) is 29.9 Å². The van der Waals surface area contributed by atoms with Crippen LogP contribution in [-0.4, -0.2) is 15.8 Å². The van der Waals surface area contributed by atoms with Crippen molar-refractivity contribution in [3.63, 3.8) is 0 Å². The van der Waals surface area contributed by atoms with Crippen molar-refractivity contribution in [2.75, 3.05) is 0 Å². The van der Waals surface area contributed by atoms with E-state index in [0.717, 1.165) is 12.5 Å². The first-order valence-corrected chi connectivity index (χ1v) is 8.64. The summed E-state index contributed by atoms with van der Waals surface area (Å²) in [6.45, 7) is 3.28. The minimum atomic E-state index is 0.668. The first-order chi connectivity index (χ1) is 9.86. The maximum atomic E-state index is 4.78. The van der Waals surface area contributed by atoms with Crippen LogP contribution in [-0.2, 0) is 6.54 Å². The molecule has 0 spiro atoms. The molecule has 2 saturated carbocycles. The van der Waals surface area contributed by atoms with Crippen molar-refractivity contribution >= 4 is 0 Å². The van der Waals surface area contributed by atoms with Crippen LogP contribution in [0.25, 0.3) is 0 Å². The summed E-state index contributed by atoms with van der Waals surface area (Å²) in [6, 6.07) is 3.59. The van der Waals surface area contributed by atoms with Gasteiger partial charge in [-0.05, 0) is 37.7 Å². The monoisotopic (exact) mass is 275 g/mol. The lowest BCUT2D eigenvalue weighted by Crippen LogP contribution is -2.37. The van der Waals surface area contributed by atoms with Crippen LogP contribution in [0.15, 0.2) is 12.3 Å². The lowest BCUT2D eigenvalue weighted by atomic mass is 9.83. The van der Waals surface area contributed by atoms with Crippen molar-refractivity contribution in [2.45, 2.75) is 83.3 Å². The second kappa shape index (κ2) is 6.75. The van der Waals surface area contributed by atoms with Crippen molar-refractivity contribution in [3.8, 4) is 0 Å². The van der Waals surface area contributed by atoms with Crippen LogP contribution in [0.3, 0.4) is 0 Å². The molecule has 0 aromatic carbocycles. The summed E-state index contributed by atoms with van der Waals surface area (Å²) in [6.07, 6.45) is 14.4. The molecule has 2 atom stereocenters. The van der Waals surface area contributed by atoms with Crippen molar-refractivity contribution in [2.24, 2.45) is 5.92 Å². The summed E-state index contributed by atoms with van der Waals surface area (Å²) in [5, 5.41) is 8.55. The molecule has 2 unspecified atom stereocenters. The van der Waals surface area contributed by atoms with E-state index in [1.54, 1.807) is 0 Å². The number of hydrogen-bond donors (Lipinski definition) is 1. The van der Waals surface area contributed by atoms with Crippen LogP contribution < -0.4 is 5.32 Å². The maximum absolute atomic E-state index is 4.78. The molecular weight excluding hydrogens is 246 g/mol. The van der Waals surface area contributed by atoms with Crippen LogP contribution >= 0.6 is 0 Å². The van der Waals surface area contributed by atoms with Crippen LogP contribution in [0.4, 0.5) is 0 Å². The van der Waals surface area contributed by atoms with Gasteiger partial charge in [-0.3, -0.25) is 4.68 Å². The fourth-order valence-electron chi connectivity index (χ4n) is 4.04. The summed E-state index contributed by atoms with van der Waals surface area (Å²) in [7, 11) is 0. The Kier molecular flexibility index (Phi) is 4.77. The van der Waals surface area contributed by atoms with E-state index < -0.39 is 0 Å². The lowest BCUT2D eigenvalue weighted by Gasteiger charge is -2.31. The van der Waals surface area contributed by atoms with E-state index in [1.807, 2.05) is 0 Å². The van der Waals surface area contributed by atoms with Crippen LogP contribution in [0.2, 0.25) is 0 Å². The van der Waals surface area contributed by atoms with Crippen LogP contribution in [0.5, 0.6) is 0 Å². The summed E-state index contributed by atoms with van der Waals surface area (Å²) in [5.74, 6) is 0.876. The molecule has 1 heterocycles. The highest BCUT2D eigenvalue weighted by Gasteiger charge is 2.23. The molecule has 2 aliphatic rings. The predicted octanol–water partition coefficient (Wildman–Crippen LogP) is 4.06. The molecule has 2 aliphatic carbocycles. The normalized spacial score (nSPS) is 28.1. The van der Waals surface area contributed by atoms with Gasteiger partial charge in [0.05, 0.1) is 11.7 Å². The smallest absolute Gasteiger partial charge is 0.0762 e. The predicted molar refractivity (Wildman–Crippen MR) is 82.6 cm³/mol. The quantitative estimate of drug-likeness (QED) is 0.878. The Morgan fingerprint density at radius 1 is 1.15 bits per heavy atom. The average Bonchev–Trinajstić information content (AvgIpc) is 3.16. The summed E-state index contributed by atoms with van der Waals surface area (Å²) in [5.41, 5.74) is 1.22. The van der Waals surface area contributed by atoms with Gasteiger partial charge < -0.3 is 5.32 Å². The standard InChI is InChI=1S/C17H29N3/c1-2-14-7-3-6-10-17(14)18-13-15-11-12-20(19-15)16-8-4-5-9-16/h11-12,14,16-18H,2-10,13H2,1H3. The Hall–Kier alpha value is -0.830. The highest BCUT2D eigenvalue weighted by Crippen LogP contribution is 2.29. The van der Waals surface area contributed by atoms with E-state index in [9.17, 15) is 0 Å². The molecule has 0 saturated heterocycles. The fourth-order valence-corrected chi connectivity index (χ4v) is 4.04. The van der Waals surface area contributed by atoms with Crippen molar-refractivity contribution in [3.05, 3.63) is 18.0 Å².